The number of rotatable bonds is 1. The summed E-state index contributed by atoms with van der Waals surface area (Å²) in [6, 6.07) is 11.1. The molecule has 0 radical (unpaired) electrons. The standard InChI is InChI=1S/C16H17N3O/c1-16(2,3)15-18-11-7-6-10-17-14(11)19(15)12-8-4-5-9-13(12)20/h4-10,20H,1-3H3. The average Bonchev–Trinajstić information content (AvgIpc) is 2.79. The number of aromatic hydroxyl groups is 1. The summed E-state index contributed by atoms with van der Waals surface area (Å²) in [6.07, 6.45) is 1.74. The van der Waals surface area contributed by atoms with E-state index in [1.165, 1.54) is 0 Å². The van der Waals surface area contributed by atoms with E-state index in [9.17, 15) is 5.11 Å². The first-order valence-corrected chi connectivity index (χ1v) is 6.61. The summed E-state index contributed by atoms with van der Waals surface area (Å²) in [5.74, 6) is 1.11. The molecule has 2 aromatic heterocycles. The van der Waals surface area contributed by atoms with Crippen molar-refractivity contribution in [2.24, 2.45) is 0 Å². The van der Waals surface area contributed by atoms with Gasteiger partial charge in [-0.05, 0) is 24.3 Å². The fraction of sp³-hybridized carbons (Fsp3) is 0.250. The van der Waals surface area contributed by atoms with Crippen molar-refractivity contribution < 1.29 is 5.11 Å². The first-order chi connectivity index (χ1) is 9.48. The Hall–Kier alpha value is -2.36. The molecule has 4 nitrogen and oxygen atoms in total. The normalized spacial score (nSPS) is 11.9. The number of nitrogens with zero attached hydrogens (tertiary/aromatic N) is 3. The molecule has 0 atom stereocenters. The highest BCUT2D eigenvalue weighted by atomic mass is 16.3. The number of hydrogen-bond donors (Lipinski definition) is 1. The number of benzene rings is 1. The summed E-state index contributed by atoms with van der Waals surface area (Å²) in [5, 5.41) is 10.2. The molecule has 3 aromatic rings. The zero-order valence-corrected chi connectivity index (χ0v) is 11.8. The molecule has 20 heavy (non-hydrogen) atoms. The third kappa shape index (κ3) is 1.93. The average molecular weight is 267 g/mol. The molecular weight excluding hydrogens is 250 g/mol. The van der Waals surface area contributed by atoms with Crippen LogP contribution in [0, 0.1) is 0 Å². The molecule has 0 aliphatic heterocycles. The Kier molecular flexibility index (Phi) is 2.74. The van der Waals surface area contributed by atoms with E-state index >= 15 is 0 Å². The van der Waals surface area contributed by atoms with Crippen LogP contribution in [-0.4, -0.2) is 19.6 Å². The fourth-order valence-corrected chi connectivity index (χ4v) is 2.30. The molecule has 102 valence electrons. The van der Waals surface area contributed by atoms with Crippen LogP contribution in [0.2, 0.25) is 0 Å². The second-order valence-corrected chi connectivity index (χ2v) is 5.86. The van der Waals surface area contributed by atoms with Gasteiger partial charge in [-0.15, -0.1) is 0 Å². The second-order valence-electron chi connectivity index (χ2n) is 5.86. The van der Waals surface area contributed by atoms with Crippen LogP contribution in [0.4, 0.5) is 0 Å². The lowest BCUT2D eigenvalue weighted by molar-refractivity contribution is 0.468. The zero-order valence-electron chi connectivity index (χ0n) is 11.8. The molecular formula is C16H17N3O. The quantitative estimate of drug-likeness (QED) is 0.735. The Bertz CT molecular complexity index is 769. The molecule has 4 heteroatoms. The number of hydrogen-bond acceptors (Lipinski definition) is 3. The highest BCUT2D eigenvalue weighted by molar-refractivity contribution is 5.75. The predicted octanol–water partition coefficient (Wildman–Crippen LogP) is 3.42. The maximum absolute atomic E-state index is 10.2. The summed E-state index contributed by atoms with van der Waals surface area (Å²) in [7, 11) is 0. The van der Waals surface area contributed by atoms with Gasteiger partial charge < -0.3 is 5.11 Å². The number of fused-ring (bicyclic) bond motifs is 1. The number of para-hydroxylation sites is 2. The summed E-state index contributed by atoms with van der Waals surface area (Å²) in [4.78, 5) is 9.11. The van der Waals surface area contributed by atoms with Gasteiger partial charge in [0.05, 0.1) is 5.69 Å². The van der Waals surface area contributed by atoms with Crippen molar-refractivity contribution in [2.45, 2.75) is 26.2 Å². The van der Waals surface area contributed by atoms with Gasteiger partial charge in [0.25, 0.3) is 0 Å². The minimum Gasteiger partial charge on any atom is -0.506 e. The molecule has 0 aliphatic rings. The molecule has 3 rings (SSSR count). The smallest absolute Gasteiger partial charge is 0.164 e. The minimum absolute atomic E-state index is 0.150. The lowest BCUT2D eigenvalue weighted by Crippen LogP contribution is -2.18. The van der Waals surface area contributed by atoms with Crippen LogP contribution in [0.25, 0.3) is 16.9 Å². The Balaban J connectivity index is 2.41. The Morgan fingerprint density at radius 2 is 1.80 bits per heavy atom. The van der Waals surface area contributed by atoms with Crippen molar-refractivity contribution in [3.8, 4) is 11.4 Å². The fourth-order valence-electron chi connectivity index (χ4n) is 2.30. The Morgan fingerprint density at radius 1 is 1.05 bits per heavy atom. The van der Waals surface area contributed by atoms with Gasteiger partial charge in [-0.25, -0.2) is 9.97 Å². The maximum atomic E-state index is 10.2. The van der Waals surface area contributed by atoms with Crippen LogP contribution in [0.15, 0.2) is 42.6 Å². The van der Waals surface area contributed by atoms with E-state index in [1.54, 1.807) is 12.3 Å². The molecule has 0 bridgehead atoms. The van der Waals surface area contributed by atoms with E-state index < -0.39 is 0 Å². The first kappa shape index (κ1) is 12.7. The van der Waals surface area contributed by atoms with Crippen molar-refractivity contribution in [2.75, 3.05) is 0 Å². The lowest BCUT2D eigenvalue weighted by atomic mass is 9.95. The summed E-state index contributed by atoms with van der Waals surface area (Å²) in [6.45, 7) is 6.31. The molecule has 0 saturated heterocycles. The van der Waals surface area contributed by atoms with E-state index in [2.05, 4.69) is 25.8 Å². The molecule has 0 spiro atoms. The van der Waals surface area contributed by atoms with Crippen molar-refractivity contribution in [1.82, 2.24) is 14.5 Å². The van der Waals surface area contributed by atoms with Crippen LogP contribution >= 0.6 is 0 Å². The van der Waals surface area contributed by atoms with Gasteiger partial charge in [0.15, 0.2) is 5.65 Å². The van der Waals surface area contributed by atoms with Crippen LogP contribution in [0.3, 0.4) is 0 Å². The van der Waals surface area contributed by atoms with Crippen LogP contribution in [-0.2, 0) is 5.41 Å². The summed E-state index contributed by atoms with van der Waals surface area (Å²) < 4.78 is 1.94. The third-order valence-electron chi connectivity index (χ3n) is 3.21. The van der Waals surface area contributed by atoms with Gasteiger partial charge in [-0.3, -0.25) is 4.57 Å². The van der Waals surface area contributed by atoms with E-state index in [4.69, 9.17) is 4.98 Å². The van der Waals surface area contributed by atoms with Gasteiger partial charge in [0.2, 0.25) is 0 Å². The van der Waals surface area contributed by atoms with E-state index in [-0.39, 0.29) is 11.2 Å². The molecule has 1 aromatic carbocycles. The Morgan fingerprint density at radius 3 is 2.50 bits per heavy atom. The minimum atomic E-state index is -0.150. The molecule has 0 amide bonds. The first-order valence-electron chi connectivity index (χ1n) is 6.61. The van der Waals surface area contributed by atoms with E-state index in [0.29, 0.717) is 5.69 Å². The SMILES string of the molecule is CC(C)(C)c1nc2cccnc2n1-c1ccccc1O. The van der Waals surface area contributed by atoms with Crippen molar-refractivity contribution in [3.63, 3.8) is 0 Å². The predicted molar refractivity (Wildman–Crippen MR) is 79.2 cm³/mol. The monoisotopic (exact) mass is 267 g/mol. The van der Waals surface area contributed by atoms with Crippen LogP contribution < -0.4 is 0 Å². The highest BCUT2D eigenvalue weighted by Crippen LogP contribution is 2.31. The van der Waals surface area contributed by atoms with Gasteiger partial charge in [0, 0.05) is 11.6 Å². The maximum Gasteiger partial charge on any atom is 0.164 e. The number of phenols is 1. The number of aromatic nitrogens is 3. The topological polar surface area (TPSA) is 50.9 Å². The summed E-state index contributed by atoms with van der Waals surface area (Å²) in [5.41, 5.74) is 2.15. The molecule has 0 aliphatic carbocycles. The zero-order chi connectivity index (χ0) is 14.3. The van der Waals surface area contributed by atoms with Gasteiger partial charge in [0.1, 0.15) is 17.1 Å². The molecule has 0 unspecified atom stereocenters. The molecule has 0 saturated carbocycles. The number of imidazole rings is 1. The van der Waals surface area contributed by atoms with Crippen molar-refractivity contribution in [1.29, 1.82) is 0 Å². The second kappa shape index (κ2) is 4.34. The van der Waals surface area contributed by atoms with Crippen molar-refractivity contribution >= 4 is 11.2 Å². The highest BCUT2D eigenvalue weighted by Gasteiger charge is 2.25. The number of phenolic OH excluding ortho intramolecular Hbond substituents is 1. The molecule has 2 heterocycles. The summed E-state index contributed by atoms with van der Waals surface area (Å²) >= 11 is 0. The third-order valence-corrected chi connectivity index (χ3v) is 3.21. The van der Waals surface area contributed by atoms with E-state index in [1.807, 2.05) is 34.9 Å². The Labute approximate surface area is 117 Å². The van der Waals surface area contributed by atoms with Crippen molar-refractivity contribution in [3.05, 3.63) is 48.4 Å². The van der Waals surface area contributed by atoms with Gasteiger partial charge in [-0.1, -0.05) is 32.9 Å². The van der Waals surface area contributed by atoms with Gasteiger partial charge >= 0.3 is 0 Å². The molecule has 1 N–H and O–H groups in total. The molecule has 0 fully saturated rings. The number of pyridine rings is 1. The lowest BCUT2D eigenvalue weighted by Gasteiger charge is -2.20. The van der Waals surface area contributed by atoms with Crippen LogP contribution in [0.1, 0.15) is 26.6 Å². The van der Waals surface area contributed by atoms with Crippen LogP contribution in [0.5, 0.6) is 5.75 Å². The van der Waals surface area contributed by atoms with Gasteiger partial charge in [-0.2, -0.15) is 0 Å². The van der Waals surface area contributed by atoms with E-state index in [0.717, 1.165) is 17.0 Å². The largest absolute Gasteiger partial charge is 0.506 e.